The van der Waals surface area contributed by atoms with Gasteiger partial charge in [0.2, 0.25) is 11.0 Å². The first-order valence-electron chi connectivity index (χ1n) is 8.20. The first-order chi connectivity index (χ1) is 12.3. The maximum absolute atomic E-state index is 12.6. The van der Waals surface area contributed by atoms with Crippen LogP contribution in [0.3, 0.4) is 0 Å². The number of benzene rings is 1. The molecular weight excluding hydrogens is 392 g/mol. The van der Waals surface area contributed by atoms with Crippen LogP contribution in [-0.4, -0.2) is 36.3 Å². The molecule has 1 amide bonds. The highest BCUT2D eigenvalue weighted by molar-refractivity contribution is 8.01. The fraction of sp³-hybridized carbons (Fsp3) is 0.438. The quantitative estimate of drug-likeness (QED) is 0.732. The van der Waals surface area contributed by atoms with Crippen LogP contribution in [0.5, 0.6) is 0 Å². The van der Waals surface area contributed by atoms with Crippen LogP contribution in [-0.2, 0) is 14.8 Å². The van der Waals surface area contributed by atoms with E-state index in [1.807, 2.05) is 20.8 Å². The van der Waals surface area contributed by atoms with Crippen molar-refractivity contribution in [2.45, 2.75) is 48.1 Å². The second-order valence-electron chi connectivity index (χ2n) is 6.24. The van der Waals surface area contributed by atoms with E-state index < -0.39 is 10.0 Å². The van der Waals surface area contributed by atoms with Crippen molar-refractivity contribution in [2.24, 2.45) is 0 Å². The first kappa shape index (κ1) is 19.1. The first-order valence-corrected chi connectivity index (χ1v) is 11.4. The fourth-order valence-corrected chi connectivity index (χ4v) is 5.96. The predicted octanol–water partition coefficient (Wildman–Crippen LogP) is 3.27. The zero-order chi connectivity index (χ0) is 18.9. The molecule has 7 nitrogen and oxygen atoms in total. The summed E-state index contributed by atoms with van der Waals surface area (Å²) in [5, 5.41) is 8.47. The molecule has 0 radical (unpaired) electrons. The predicted molar refractivity (Wildman–Crippen MR) is 104 cm³/mol. The summed E-state index contributed by atoms with van der Waals surface area (Å²) in [6.45, 7) is 6.55. The Bertz CT molecular complexity index is 925. The Morgan fingerprint density at radius 3 is 2.69 bits per heavy atom. The maximum atomic E-state index is 12.6. The van der Waals surface area contributed by atoms with Gasteiger partial charge in [-0.05, 0) is 37.1 Å². The van der Waals surface area contributed by atoms with Crippen LogP contribution in [0, 0.1) is 6.92 Å². The minimum absolute atomic E-state index is 0.0749. The summed E-state index contributed by atoms with van der Waals surface area (Å²) in [5.41, 5.74) is 1.51. The largest absolute Gasteiger partial charge is 0.312 e. The Hall–Kier alpha value is -1.65. The van der Waals surface area contributed by atoms with Crippen molar-refractivity contribution in [3.63, 3.8) is 0 Å². The molecule has 2 heterocycles. The number of sulfonamides is 1. The number of amides is 1. The number of thioether (sulfide) groups is 1. The summed E-state index contributed by atoms with van der Waals surface area (Å²) in [4.78, 5) is 13.8. The molecule has 140 valence electrons. The molecule has 1 aliphatic rings. The van der Waals surface area contributed by atoms with E-state index in [1.165, 1.54) is 29.2 Å². The van der Waals surface area contributed by atoms with Crippen LogP contribution >= 0.6 is 23.1 Å². The number of anilines is 2. The number of carbonyl (C=O) groups excluding carboxylic acids is 1. The molecule has 1 aliphatic heterocycles. The van der Waals surface area contributed by atoms with Crippen molar-refractivity contribution in [2.75, 3.05) is 16.2 Å². The zero-order valence-corrected chi connectivity index (χ0v) is 17.2. The van der Waals surface area contributed by atoms with Gasteiger partial charge >= 0.3 is 0 Å². The molecule has 1 aromatic carbocycles. The summed E-state index contributed by atoms with van der Waals surface area (Å²) >= 11 is 2.74. The molecule has 1 N–H and O–H groups in total. The Kier molecular flexibility index (Phi) is 5.54. The van der Waals surface area contributed by atoms with E-state index >= 15 is 0 Å². The standard InChI is InChI=1S/C16H20N4O3S3/c1-10(2)24-16-18-17-15(25-16)19-26(22,23)12-6-7-13(11(3)9-12)20-8-4-5-14(20)21/h6-7,9-10H,4-5,8H2,1-3H3,(H,17,19). The lowest BCUT2D eigenvalue weighted by molar-refractivity contribution is -0.117. The number of aryl methyl sites for hydroxylation is 1. The molecular formula is C16H20N4O3S3. The Morgan fingerprint density at radius 2 is 2.08 bits per heavy atom. The van der Waals surface area contributed by atoms with Gasteiger partial charge in [0.1, 0.15) is 0 Å². The minimum atomic E-state index is -3.76. The molecule has 1 aromatic heterocycles. The molecule has 26 heavy (non-hydrogen) atoms. The Morgan fingerprint density at radius 1 is 1.31 bits per heavy atom. The van der Waals surface area contributed by atoms with Crippen LogP contribution in [0.25, 0.3) is 0 Å². The van der Waals surface area contributed by atoms with Crippen molar-refractivity contribution in [3.05, 3.63) is 23.8 Å². The third kappa shape index (κ3) is 4.18. The van der Waals surface area contributed by atoms with Gasteiger partial charge in [-0.25, -0.2) is 8.42 Å². The number of carbonyl (C=O) groups is 1. The van der Waals surface area contributed by atoms with E-state index in [2.05, 4.69) is 14.9 Å². The van der Waals surface area contributed by atoms with Gasteiger partial charge in [0.25, 0.3) is 10.0 Å². The van der Waals surface area contributed by atoms with E-state index in [0.717, 1.165) is 22.0 Å². The van der Waals surface area contributed by atoms with Crippen LogP contribution < -0.4 is 9.62 Å². The third-order valence-electron chi connectivity index (χ3n) is 3.81. The van der Waals surface area contributed by atoms with Crippen molar-refractivity contribution >= 4 is 49.8 Å². The normalized spacial score (nSPS) is 15.1. The lowest BCUT2D eigenvalue weighted by atomic mass is 10.2. The molecule has 1 saturated heterocycles. The smallest absolute Gasteiger partial charge is 0.263 e. The zero-order valence-electron chi connectivity index (χ0n) is 14.7. The minimum Gasteiger partial charge on any atom is -0.312 e. The number of rotatable bonds is 6. The van der Waals surface area contributed by atoms with Crippen LogP contribution in [0.15, 0.2) is 27.4 Å². The van der Waals surface area contributed by atoms with E-state index in [0.29, 0.717) is 18.2 Å². The summed E-state index contributed by atoms with van der Waals surface area (Å²) in [6, 6.07) is 4.78. The maximum Gasteiger partial charge on any atom is 0.263 e. The van der Waals surface area contributed by atoms with Crippen molar-refractivity contribution in [1.82, 2.24) is 10.2 Å². The number of aromatic nitrogens is 2. The molecule has 2 aromatic rings. The van der Waals surface area contributed by atoms with E-state index in [1.54, 1.807) is 17.0 Å². The fourth-order valence-electron chi connectivity index (χ4n) is 2.67. The van der Waals surface area contributed by atoms with Gasteiger partial charge in [-0.1, -0.05) is 36.9 Å². The lowest BCUT2D eigenvalue weighted by Gasteiger charge is -2.19. The van der Waals surface area contributed by atoms with Gasteiger partial charge in [0, 0.05) is 23.9 Å². The molecule has 0 aliphatic carbocycles. The molecule has 3 rings (SSSR count). The highest BCUT2D eigenvalue weighted by Crippen LogP contribution is 2.31. The summed E-state index contributed by atoms with van der Waals surface area (Å²) in [7, 11) is -3.76. The third-order valence-corrected chi connectivity index (χ3v) is 7.20. The summed E-state index contributed by atoms with van der Waals surface area (Å²) in [6.07, 6.45) is 1.36. The summed E-state index contributed by atoms with van der Waals surface area (Å²) < 4.78 is 28.4. The van der Waals surface area contributed by atoms with E-state index in [9.17, 15) is 13.2 Å². The molecule has 0 spiro atoms. The van der Waals surface area contributed by atoms with Crippen LogP contribution in [0.4, 0.5) is 10.8 Å². The molecule has 0 atom stereocenters. The molecule has 0 saturated carbocycles. The number of hydrogen-bond acceptors (Lipinski definition) is 7. The second kappa shape index (κ2) is 7.53. The van der Waals surface area contributed by atoms with Gasteiger partial charge in [-0.2, -0.15) is 0 Å². The van der Waals surface area contributed by atoms with E-state index in [4.69, 9.17) is 0 Å². The van der Waals surface area contributed by atoms with Gasteiger partial charge in [-0.15, -0.1) is 10.2 Å². The second-order valence-corrected chi connectivity index (χ2v) is 10.7. The number of nitrogens with one attached hydrogen (secondary N) is 1. The monoisotopic (exact) mass is 412 g/mol. The Labute approximate surface area is 161 Å². The van der Waals surface area contributed by atoms with Crippen molar-refractivity contribution in [3.8, 4) is 0 Å². The van der Waals surface area contributed by atoms with Crippen LogP contribution in [0.2, 0.25) is 0 Å². The number of hydrogen-bond donors (Lipinski definition) is 1. The SMILES string of the molecule is Cc1cc(S(=O)(=O)Nc2nnc(SC(C)C)s2)ccc1N1CCCC1=O. The van der Waals surface area contributed by atoms with E-state index in [-0.39, 0.29) is 15.9 Å². The highest BCUT2D eigenvalue weighted by Gasteiger charge is 2.24. The Balaban J connectivity index is 1.80. The molecule has 0 unspecified atom stereocenters. The van der Waals surface area contributed by atoms with Crippen LogP contribution in [0.1, 0.15) is 32.3 Å². The molecule has 0 bridgehead atoms. The average Bonchev–Trinajstić information content (AvgIpc) is 3.15. The van der Waals surface area contributed by atoms with Crippen molar-refractivity contribution < 1.29 is 13.2 Å². The van der Waals surface area contributed by atoms with Gasteiger partial charge in [0.15, 0.2) is 4.34 Å². The lowest BCUT2D eigenvalue weighted by Crippen LogP contribution is -2.24. The molecule has 10 heteroatoms. The van der Waals surface area contributed by atoms with Gasteiger partial charge in [0.05, 0.1) is 4.90 Å². The van der Waals surface area contributed by atoms with Gasteiger partial charge < -0.3 is 4.90 Å². The highest BCUT2D eigenvalue weighted by atomic mass is 32.2. The molecule has 1 fully saturated rings. The number of nitrogens with zero attached hydrogens (tertiary/aromatic N) is 3. The van der Waals surface area contributed by atoms with Gasteiger partial charge in [-0.3, -0.25) is 9.52 Å². The van der Waals surface area contributed by atoms with Crippen molar-refractivity contribution in [1.29, 1.82) is 0 Å². The summed E-state index contributed by atoms with van der Waals surface area (Å²) in [5.74, 6) is 0.0749. The average molecular weight is 413 g/mol. The topological polar surface area (TPSA) is 92.3 Å².